The van der Waals surface area contributed by atoms with E-state index in [4.69, 9.17) is 12.2 Å². The highest BCUT2D eigenvalue weighted by Crippen LogP contribution is 2.27. The van der Waals surface area contributed by atoms with E-state index in [1.165, 1.54) is 44.9 Å². The van der Waals surface area contributed by atoms with Crippen LogP contribution in [0.5, 0.6) is 0 Å². The SMILES string of the molecule is CCN(C)C(=S)N(C1CCCCC1)C1CCNCC1. The second-order valence-corrected chi connectivity index (χ2v) is 6.34. The smallest absolute Gasteiger partial charge is 0.171 e. The van der Waals surface area contributed by atoms with Crippen molar-refractivity contribution in [3.8, 4) is 0 Å². The van der Waals surface area contributed by atoms with E-state index in [-0.39, 0.29) is 0 Å². The van der Waals surface area contributed by atoms with Crippen molar-refractivity contribution in [1.82, 2.24) is 15.1 Å². The minimum Gasteiger partial charge on any atom is -0.352 e. The van der Waals surface area contributed by atoms with Gasteiger partial charge in [-0.1, -0.05) is 19.3 Å². The van der Waals surface area contributed by atoms with Gasteiger partial charge in [0.15, 0.2) is 5.11 Å². The first kappa shape index (κ1) is 15.0. The van der Waals surface area contributed by atoms with Crippen molar-refractivity contribution in [2.75, 3.05) is 26.7 Å². The standard InChI is InChI=1S/C15H29N3S/c1-3-17(2)15(19)18(13-7-5-4-6-8-13)14-9-11-16-12-10-14/h13-14,16H,3-12H2,1-2H3. The maximum Gasteiger partial charge on any atom is 0.171 e. The summed E-state index contributed by atoms with van der Waals surface area (Å²) in [4.78, 5) is 4.85. The van der Waals surface area contributed by atoms with Crippen LogP contribution in [0.25, 0.3) is 0 Å². The van der Waals surface area contributed by atoms with Gasteiger partial charge in [0.25, 0.3) is 0 Å². The molecule has 19 heavy (non-hydrogen) atoms. The Hall–Kier alpha value is -0.350. The number of nitrogens with zero attached hydrogens (tertiary/aromatic N) is 2. The van der Waals surface area contributed by atoms with Crippen LogP contribution in [0.2, 0.25) is 0 Å². The Balaban J connectivity index is 2.08. The van der Waals surface area contributed by atoms with Gasteiger partial charge in [-0.2, -0.15) is 0 Å². The summed E-state index contributed by atoms with van der Waals surface area (Å²) in [5.74, 6) is 0. The fourth-order valence-corrected chi connectivity index (χ4v) is 3.81. The number of piperidine rings is 1. The maximum absolute atomic E-state index is 5.79. The molecule has 0 spiro atoms. The summed E-state index contributed by atoms with van der Waals surface area (Å²) in [6, 6.07) is 1.35. The lowest BCUT2D eigenvalue weighted by molar-refractivity contribution is 0.150. The van der Waals surface area contributed by atoms with Crippen molar-refractivity contribution in [3.05, 3.63) is 0 Å². The molecule has 1 saturated heterocycles. The molecule has 110 valence electrons. The topological polar surface area (TPSA) is 18.5 Å². The molecule has 0 atom stereocenters. The van der Waals surface area contributed by atoms with Crippen LogP contribution in [0.1, 0.15) is 51.9 Å². The highest BCUT2D eigenvalue weighted by Gasteiger charge is 2.31. The molecule has 0 aromatic heterocycles. The van der Waals surface area contributed by atoms with Gasteiger partial charge < -0.3 is 15.1 Å². The summed E-state index contributed by atoms with van der Waals surface area (Å²) < 4.78 is 0. The number of hydrogen-bond donors (Lipinski definition) is 1. The van der Waals surface area contributed by atoms with Gasteiger partial charge in [-0.3, -0.25) is 0 Å². The Morgan fingerprint density at radius 3 is 2.21 bits per heavy atom. The molecule has 1 aliphatic carbocycles. The van der Waals surface area contributed by atoms with Crippen LogP contribution >= 0.6 is 12.2 Å². The van der Waals surface area contributed by atoms with Gasteiger partial charge in [0, 0.05) is 25.7 Å². The third-order valence-electron chi connectivity index (χ3n) is 4.69. The Labute approximate surface area is 123 Å². The largest absolute Gasteiger partial charge is 0.352 e. The molecule has 0 unspecified atom stereocenters. The Morgan fingerprint density at radius 2 is 1.63 bits per heavy atom. The lowest BCUT2D eigenvalue weighted by Crippen LogP contribution is -2.55. The molecule has 1 aliphatic heterocycles. The molecule has 1 saturated carbocycles. The molecular formula is C15H29N3S. The van der Waals surface area contributed by atoms with Crippen LogP contribution in [-0.2, 0) is 0 Å². The van der Waals surface area contributed by atoms with E-state index in [1.807, 2.05) is 0 Å². The Bertz CT molecular complexity index is 265. The molecule has 1 N–H and O–H groups in total. The zero-order chi connectivity index (χ0) is 13.7. The van der Waals surface area contributed by atoms with Gasteiger partial charge in [-0.25, -0.2) is 0 Å². The first-order chi connectivity index (χ1) is 9.24. The predicted molar refractivity (Wildman–Crippen MR) is 85.5 cm³/mol. The number of hydrogen-bond acceptors (Lipinski definition) is 2. The van der Waals surface area contributed by atoms with Crippen LogP contribution < -0.4 is 5.32 Å². The minimum atomic E-state index is 0.658. The molecule has 1 heterocycles. The van der Waals surface area contributed by atoms with Gasteiger partial charge in [0.05, 0.1) is 0 Å². The third kappa shape index (κ3) is 3.82. The molecule has 2 fully saturated rings. The number of nitrogens with one attached hydrogen (secondary N) is 1. The van der Waals surface area contributed by atoms with Gasteiger partial charge in [0.1, 0.15) is 0 Å². The minimum absolute atomic E-state index is 0.658. The lowest BCUT2D eigenvalue weighted by Gasteiger charge is -2.45. The van der Waals surface area contributed by atoms with Crippen LogP contribution in [0.15, 0.2) is 0 Å². The lowest BCUT2D eigenvalue weighted by atomic mass is 9.92. The van der Waals surface area contributed by atoms with Gasteiger partial charge in [0.2, 0.25) is 0 Å². The summed E-state index contributed by atoms with van der Waals surface area (Å²) in [5.41, 5.74) is 0. The number of thiocarbonyl (C=S) groups is 1. The van der Waals surface area contributed by atoms with Crippen molar-refractivity contribution in [1.29, 1.82) is 0 Å². The molecule has 4 heteroatoms. The van der Waals surface area contributed by atoms with Gasteiger partial charge in [-0.15, -0.1) is 0 Å². The summed E-state index contributed by atoms with van der Waals surface area (Å²) in [6.45, 7) is 5.49. The molecule has 0 aromatic carbocycles. The predicted octanol–water partition coefficient (Wildman–Crippen LogP) is 2.61. The van der Waals surface area contributed by atoms with Crippen molar-refractivity contribution in [2.24, 2.45) is 0 Å². The molecule has 0 bridgehead atoms. The van der Waals surface area contributed by atoms with E-state index in [9.17, 15) is 0 Å². The summed E-state index contributed by atoms with van der Waals surface area (Å²) in [7, 11) is 2.14. The number of rotatable bonds is 3. The molecule has 2 aliphatic rings. The van der Waals surface area contributed by atoms with Gasteiger partial charge >= 0.3 is 0 Å². The molecule has 3 nitrogen and oxygen atoms in total. The van der Waals surface area contributed by atoms with Gasteiger partial charge in [-0.05, 0) is 57.9 Å². The second kappa shape index (κ2) is 7.44. The van der Waals surface area contributed by atoms with E-state index in [2.05, 4.69) is 29.1 Å². The van der Waals surface area contributed by atoms with E-state index in [0.717, 1.165) is 24.7 Å². The van der Waals surface area contributed by atoms with Crippen LogP contribution in [0, 0.1) is 0 Å². The van der Waals surface area contributed by atoms with Crippen molar-refractivity contribution in [2.45, 2.75) is 64.0 Å². The monoisotopic (exact) mass is 283 g/mol. The molecule has 0 radical (unpaired) electrons. The zero-order valence-electron chi connectivity index (χ0n) is 12.5. The molecule has 2 rings (SSSR count). The Kier molecular flexibility index (Phi) is 5.89. The van der Waals surface area contributed by atoms with E-state index >= 15 is 0 Å². The first-order valence-corrected chi connectivity index (χ1v) is 8.39. The van der Waals surface area contributed by atoms with E-state index in [1.54, 1.807) is 0 Å². The second-order valence-electron chi connectivity index (χ2n) is 5.98. The fourth-order valence-electron chi connectivity index (χ4n) is 3.39. The van der Waals surface area contributed by atoms with Crippen molar-refractivity contribution in [3.63, 3.8) is 0 Å². The van der Waals surface area contributed by atoms with Crippen molar-refractivity contribution < 1.29 is 0 Å². The quantitative estimate of drug-likeness (QED) is 0.802. The van der Waals surface area contributed by atoms with E-state index in [0.29, 0.717) is 12.1 Å². The highest BCUT2D eigenvalue weighted by molar-refractivity contribution is 7.80. The first-order valence-electron chi connectivity index (χ1n) is 7.98. The normalized spacial score (nSPS) is 22.2. The average molecular weight is 283 g/mol. The highest BCUT2D eigenvalue weighted by atomic mass is 32.1. The Morgan fingerprint density at radius 1 is 1.05 bits per heavy atom. The molecule has 0 aromatic rings. The van der Waals surface area contributed by atoms with E-state index < -0.39 is 0 Å². The van der Waals surface area contributed by atoms with Crippen molar-refractivity contribution >= 4 is 17.3 Å². The summed E-state index contributed by atoms with van der Waals surface area (Å²) in [6.07, 6.45) is 9.33. The van der Waals surface area contributed by atoms with Crippen LogP contribution in [-0.4, -0.2) is 53.7 Å². The zero-order valence-corrected chi connectivity index (χ0v) is 13.3. The van der Waals surface area contributed by atoms with Crippen LogP contribution in [0.3, 0.4) is 0 Å². The summed E-state index contributed by atoms with van der Waals surface area (Å²) >= 11 is 5.79. The fraction of sp³-hybridized carbons (Fsp3) is 0.933. The average Bonchev–Trinajstić information content (AvgIpc) is 2.49. The third-order valence-corrected chi connectivity index (χ3v) is 5.21. The maximum atomic E-state index is 5.79. The van der Waals surface area contributed by atoms with Crippen LogP contribution in [0.4, 0.5) is 0 Å². The molecular weight excluding hydrogens is 254 g/mol. The molecule has 0 amide bonds. The summed E-state index contributed by atoms with van der Waals surface area (Å²) in [5, 5.41) is 4.56.